The molecule has 0 saturated heterocycles. The maximum absolute atomic E-state index is 6.14. The molecule has 1 aliphatic rings. The van der Waals surface area contributed by atoms with E-state index >= 15 is 0 Å². The third-order valence-corrected chi connectivity index (χ3v) is 5.19. The monoisotopic (exact) mass is 322 g/mol. The summed E-state index contributed by atoms with van der Waals surface area (Å²) in [6.45, 7) is 2.87. The van der Waals surface area contributed by atoms with Gasteiger partial charge >= 0.3 is 0 Å². The molecule has 1 aromatic carbocycles. The highest BCUT2D eigenvalue weighted by atomic mass is 79.9. The van der Waals surface area contributed by atoms with Gasteiger partial charge in [-0.1, -0.05) is 65.5 Å². The summed E-state index contributed by atoms with van der Waals surface area (Å²) in [5, 5.41) is 1.05. The van der Waals surface area contributed by atoms with Crippen molar-refractivity contribution in [3.05, 3.63) is 35.9 Å². The fourth-order valence-corrected chi connectivity index (χ4v) is 3.50. The molecule has 0 bridgehead atoms. The molecule has 19 heavy (non-hydrogen) atoms. The van der Waals surface area contributed by atoms with Crippen LogP contribution in [0.2, 0.25) is 0 Å². The van der Waals surface area contributed by atoms with Gasteiger partial charge in [-0.05, 0) is 25.8 Å². The Morgan fingerprint density at radius 1 is 1.21 bits per heavy atom. The SMILES string of the molecule is CC=Cc1ccccc1OCC1(CBr)CCCCC1. The van der Waals surface area contributed by atoms with E-state index in [2.05, 4.69) is 46.3 Å². The topological polar surface area (TPSA) is 9.23 Å². The van der Waals surface area contributed by atoms with Gasteiger partial charge in [-0.15, -0.1) is 0 Å². The van der Waals surface area contributed by atoms with Gasteiger partial charge < -0.3 is 4.74 Å². The minimum Gasteiger partial charge on any atom is -0.492 e. The summed E-state index contributed by atoms with van der Waals surface area (Å²) in [6, 6.07) is 8.28. The number of benzene rings is 1. The third-order valence-electron chi connectivity index (χ3n) is 4.00. The van der Waals surface area contributed by atoms with E-state index in [1.54, 1.807) is 0 Å². The maximum atomic E-state index is 6.14. The van der Waals surface area contributed by atoms with Gasteiger partial charge in [0, 0.05) is 16.3 Å². The van der Waals surface area contributed by atoms with Crippen molar-refractivity contribution >= 4 is 22.0 Å². The first-order chi connectivity index (χ1) is 9.29. The zero-order valence-electron chi connectivity index (χ0n) is 11.7. The van der Waals surface area contributed by atoms with Crippen molar-refractivity contribution in [3.8, 4) is 5.75 Å². The summed E-state index contributed by atoms with van der Waals surface area (Å²) in [6.07, 6.45) is 10.8. The number of halogens is 1. The average molecular weight is 323 g/mol. The van der Waals surface area contributed by atoms with Gasteiger partial charge in [-0.2, -0.15) is 0 Å². The second kappa shape index (κ2) is 7.14. The summed E-state index contributed by atoms with van der Waals surface area (Å²) in [5.74, 6) is 1.01. The molecule has 0 aliphatic heterocycles. The minimum atomic E-state index is 0.335. The fourth-order valence-electron chi connectivity index (χ4n) is 2.78. The lowest BCUT2D eigenvalue weighted by molar-refractivity contribution is 0.121. The first kappa shape index (κ1) is 14.6. The van der Waals surface area contributed by atoms with Gasteiger partial charge in [-0.3, -0.25) is 0 Å². The van der Waals surface area contributed by atoms with E-state index in [1.807, 2.05) is 13.0 Å². The molecule has 1 fully saturated rings. The van der Waals surface area contributed by atoms with E-state index in [4.69, 9.17) is 4.74 Å². The van der Waals surface area contributed by atoms with Crippen LogP contribution in [0.1, 0.15) is 44.6 Å². The van der Waals surface area contributed by atoms with E-state index < -0.39 is 0 Å². The number of hydrogen-bond donors (Lipinski definition) is 0. The Morgan fingerprint density at radius 2 is 1.95 bits per heavy atom. The van der Waals surface area contributed by atoms with Crippen LogP contribution in [0.3, 0.4) is 0 Å². The quantitative estimate of drug-likeness (QED) is 0.655. The van der Waals surface area contributed by atoms with E-state index in [9.17, 15) is 0 Å². The van der Waals surface area contributed by atoms with Crippen LogP contribution in [0.25, 0.3) is 6.08 Å². The summed E-state index contributed by atoms with van der Waals surface area (Å²) >= 11 is 3.70. The standard InChI is InChI=1S/C17H23BrO/c1-2-8-15-9-4-5-10-16(15)19-14-17(13-18)11-6-3-7-12-17/h2,4-5,8-10H,3,6-7,11-14H2,1H3. The number of alkyl halides is 1. The highest BCUT2D eigenvalue weighted by Gasteiger charge is 2.31. The molecule has 104 valence electrons. The second-order valence-electron chi connectivity index (χ2n) is 5.52. The number of ether oxygens (including phenoxy) is 1. The molecule has 0 spiro atoms. The number of hydrogen-bond acceptors (Lipinski definition) is 1. The number of para-hydroxylation sites is 1. The van der Waals surface area contributed by atoms with Crippen molar-refractivity contribution in [1.29, 1.82) is 0 Å². The van der Waals surface area contributed by atoms with Gasteiger partial charge in [0.15, 0.2) is 0 Å². The van der Waals surface area contributed by atoms with Crippen molar-refractivity contribution in [2.45, 2.75) is 39.0 Å². The van der Waals surface area contributed by atoms with Gasteiger partial charge in [0.2, 0.25) is 0 Å². The Labute approximate surface area is 125 Å². The Hall–Kier alpha value is -0.760. The fraction of sp³-hybridized carbons (Fsp3) is 0.529. The van der Waals surface area contributed by atoms with Crippen molar-refractivity contribution < 1.29 is 4.74 Å². The van der Waals surface area contributed by atoms with Crippen LogP contribution in [0.15, 0.2) is 30.3 Å². The Kier molecular flexibility index (Phi) is 5.50. The van der Waals surface area contributed by atoms with Crippen molar-refractivity contribution in [2.24, 2.45) is 5.41 Å². The molecule has 0 radical (unpaired) electrons. The summed E-state index contributed by atoms with van der Waals surface area (Å²) in [4.78, 5) is 0. The van der Waals surface area contributed by atoms with Crippen LogP contribution >= 0.6 is 15.9 Å². The van der Waals surface area contributed by atoms with Crippen molar-refractivity contribution in [3.63, 3.8) is 0 Å². The van der Waals surface area contributed by atoms with E-state index in [-0.39, 0.29) is 0 Å². The lowest BCUT2D eigenvalue weighted by Gasteiger charge is -2.35. The Bertz CT molecular complexity index is 419. The van der Waals surface area contributed by atoms with Crippen LogP contribution in [0, 0.1) is 5.41 Å². The predicted molar refractivity (Wildman–Crippen MR) is 86.0 cm³/mol. The minimum absolute atomic E-state index is 0.335. The van der Waals surface area contributed by atoms with Gasteiger partial charge in [0.1, 0.15) is 5.75 Å². The molecule has 0 amide bonds. The summed E-state index contributed by atoms with van der Waals surface area (Å²) in [7, 11) is 0. The molecule has 1 saturated carbocycles. The highest BCUT2D eigenvalue weighted by Crippen LogP contribution is 2.38. The second-order valence-corrected chi connectivity index (χ2v) is 6.08. The average Bonchev–Trinajstić information content (AvgIpc) is 2.48. The van der Waals surface area contributed by atoms with E-state index in [0.29, 0.717) is 5.41 Å². The van der Waals surface area contributed by atoms with Crippen LogP contribution < -0.4 is 4.74 Å². The molecular weight excluding hydrogens is 300 g/mol. The molecule has 1 nitrogen and oxygen atoms in total. The van der Waals surface area contributed by atoms with E-state index in [1.165, 1.54) is 37.7 Å². The number of rotatable bonds is 5. The molecule has 0 N–H and O–H groups in total. The largest absolute Gasteiger partial charge is 0.492 e. The highest BCUT2D eigenvalue weighted by molar-refractivity contribution is 9.09. The summed E-state index contributed by atoms with van der Waals surface area (Å²) in [5.41, 5.74) is 1.51. The Balaban J connectivity index is 2.04. The van der Waals surface area contributed by atoms with Gasteiger partial charge in [0.25, 0.3) is 0 Å². The predicted octanol–water partition coefficient (Wildman–Crippen LogP) is 5.44. The molecule has 0 atom stereocenters. The molecular formula is C17H23BrO. The maximum Gasteiger partial charge on any atom is 0.126 e. The molecule has 0 heterocycles. The summed E-state index contributed by atoms with van der Waals surface area (Å²) < 4.78 is 6.14. The van der Waals surface area contributed by atoms with Crippen LogP contribution in [0.4, 0.5) is 0 Å². The molecule has 0 aromatic heterocycles. The van der Waals surface area contributed by atoms with Crippen molar-refractivity contribution in [1.82, 2.24) is 0 Å². The normalized spacial score (nSPS) is 18.6. The molecule has 0 unspecified atom stereocenters. The van der Waals surface area contributed by atoms with E-state index in [0.717, 1.165) is 17.7 Å². The van der Waals surface area contributed by atoms with Crippen molar-refractivity contribution in [2.75, 3.05) is 11.9 Å². The lowest BCUT2D eigenvalue weighted by atomic mass is 9.76. The molecule has 2 rings (SSSR count). The molecule has 1 aromatic rings. The lowest BCUT2D eigenvalue weighted by Crippen LogP contribution is -2.32. The molecule has 1 aliphatic carbocycles. The Morgan fingerprint density at radius 3 is 2.63 bits per heavy atom. The van der Waals surface area contributed by atoms with Crippen LogP contribution in [-0.2, 0) is 0 Å². The van der Waals surface area contributed by atoms with Crippen LogP contribution in [-0.4, -0.2) is 11.9 Å². The smallest absolute Gasteiger partial charge is 0.126 e. The first-order valence-electron chi connectivity index (χ1n) is 7.20. The number of allylic oxidation sites excluding steroid dienone is 1. The van der Waals surface area contributed by atoms with Gasteiger partial charge in [0.05, 0.1) is 6.61 Å². The third kappa shape index (κ3) is 3.85. The van der Waals surface area contributed by atoms with Gasteiger partial charge in [-0.25, -0.2) is 0 Å². The van der Waals surface area contributed by atoms with Crippen LogP contribution in [0.5, 0.6) is 5.75 Å². The zero-order chi connectivity index (χ0) is 13.6. The first-order valence-corrected chi connectivity index (χ1v) is 8.32. The zero-order valence-corrected chi connectivity index (χ0v) is 13.3. The molecule has 2 heteroatoms.